The number of halogens is 2. The van der Waals surface area contributed by atoms with Crippen LogP contribution < -0.4 is 10.2 Å². The molecule has 0 amide bonds. The first-order chi connectivity index (χ1) is 12.1. The minimum atomic E-state index is -0.319. The summed E-state index contributed by atoms with van der Waals surface area (Å²) in [5.41, 5.74) is 1.28. The second kappa shape index (κ2) is 6.71. The normalized spacial score (nSPS) is 19.9. The molecule has 1 aromatic carbocycles. The first-order valence-electron chi connectivity index (χ1n) is 7.65. The van der Waals surface area contributed by atoms with Crippen LogP contribution in [0.1, 0.15) is 22.7 Å². The molecule has 1 aliphatic heterocycles. The van der Waals surface area contributed by atoms with Crippen LogP contribution in [0.3, 0.4) is 0 Å². The lowest BCUT2D eigenvalue weighted by Crippen LogP contribution is -2.29. The molecule has 2 atom stereocenters. The van der Waals surface area contributed by atoms with Crippen LogP contribution in [0.4, 0.5) is 10.1 Å². The molecule has 0 saturated carbocycles. The first-order valence-corrected chi connectivity index (χ1v) is 9.26. The highest BCUT2D eigenvalue weighted by molar-refractivity contribution is 7.80. The average molecular weight is 390 g/mol. The lowest BCUT2D eigenvalue weighted by molar-refractivity contribution is 0.565. The van der Waals surface area contributed by atoms with Crippen molar-refractivity contribution < 1.29 is 4.39 Å². The molecule has 4 rings (SSSR count). The predicted molar refractivity (Wildman–Crippen MR) is 104 cm³/mol. The molecule has 0 unspecified atom stereocenters. The van der Waals surface area contributed by atoms with Gasteiger partial charge in [0.1, 0.15) is 5.82 Å². The molecule has 0 radical (unpaired) electrons. The molecule has 2 aromatic heterocycles. The van der Waals surface area contributed by atoms with E-state index >= 15 is 0 Å². The zero-order valence-electron chi connectivity index (χ0n) is 12.9. The highest BCUT2D eigenvalue weighted by Gasteiger charge is 2.42. The van der Waals surface area contributed by atoms with E-state index in [0.717, 1.165) is 10.6 Å². The SMILES string of the molecule is Fc1ccccc1N1C(=S)N[C@H](c2ccccn2)[C@H]1c1ccc(Cl)s1. The minimum absolute atomic E-state index is 0.192. The summed E-state index contributed by atoms with van der Waals surface area (Å²) >= 11 is 13.1. The largest absolute Gasteiger partial charge is 0.351 e. The molecule has 0 aliphatic carbocycles. The van der Waals surface area contributed by atoms with Gasteiger partial charge in [0.05, 0.1) is 27.8 Å². The molecule has 126 valence electrons. The van der Waals surface area contributed by atoms with Crippen molar-refractivity contribution in [1.29, 1.82) is 0 Å². The summed E-state index contributed by atoms with van der Waals surface area (Å²) in [6, 6.07) is 15.7. The predicted octanol–water partition coefficient (Wildman–Crippen LogP) is 5.11. The summed E-state index contributed by atoms with van der Waals surface area (Å²) in [5, 5.41) is 3.76. The Balaban J connectivity index is 1.85. The Morgan fingerprint density at radius 3 is 2.60 bits per heavy atom. The zero-order valence-corrected chi connectivity index (χ0v) is 15.3. The van der Waals surface area contributed by atoms with Gasteiger partial charge in [0, 0.05) is 11.1 Å². The van der Waals surface area contributed by atoms with Crippen LogP contribution in [0.15, 0.2) is 60.8 Å². The third-order valence-electron chi connectivity index (χ3n) is 4.10. The van der Waals surface area contributed by atoms with Crippen molar-refractivity contribution in [2.45, 2.75) is 12.1 Å². The quantitative estimate of drug-likeness (QED) is 0.630. The minimum Gasteiger partial charge on any atom is -0.351 e. The molecule has 3 aromatic rings. The highest BCUT2D eigenvalue weighted by atomic mass is 35.5. The molecule has 25 heavy (non-hydrogen) atoms. The number of nitrogens with one attached hydrogen (secondary N) is 1. The number of hydrogen-bond donors (Lipinski definition) is 1. The summed E-state index contributed by atoms with van der Waals surface area (Å²) < 4.78 is 15.2. The molecule has 7 heteroatoms. The van der Waals surface area contributed by atoms with Crippen molar-refractivity contribution in [2.24, 2.45) is 0 Å². The van der Waals surface area contributed by atoms with Crippen LogP contribution in [0.25, 0.3) is 0 Å². The molecular weight excluding hydrogens is 377 g/mol. The van der Waals surface area contributed by atoms with Crippen molar-refractivity contribution in [3.8, 4) is 0 Å². The Morgan fingerprint density at radius 1 is 1.12 bits per heavy atom. The number of anilines is 1. The molecule has 1 fully saturated rings. The van der Waals surface area contributed by atoms with E-state index in [9.17, 15) is 4.39 Å². The van der Waals surface area contributed by atoms with Gasteiger partial charge in [-0.05, 0) is 48.6 Å². The zero-order chi connectivity index (χ0) is 17.4. The fourth-order valence-corrected chi connectivity index (χ4v) is 4.57. The van der Waals surface area contributed by atoms with E-state index in [1.54, 1.807) is 24.4 Å². The van der Waals surface area contributed by atoms with Gasteiger partial charge in [-0.1, -0.05) is 29.8 Å². The number of thiocarbonyl (C=S) groups is 1. The molecule has 0 bridgehead atoms. The van der Waals surface area contributed by atoms with Gasteiger partial charge in [0.2, 0.25) is 0 Å². The number of hydrogen-bond acceptors (Lipinski definition) is 3. The topological polar surface area (TPSA) is 28.2 Å². The van der Waals surface area contributed by atoms with Crippen LogP contribution in [-0.2, 0) is 0 Å². The molecule has 1 saturated heterocycles. The summed E-state index contributed by atoms with van der Waals surface area (Å²) in [6.07, 6.45) is 1.74. The number of pyridine rings is 1. The van der Waals surface area contributed by atoms with Gasteiger partial charge in [0.15, 0.2) is 5.11 Å². The molecule has 0 spiro atoms. The van der Waals surface area contributed by atoms with E-state index in [4.69, 9.17) is 23.8 Å². The third-order valence-corrected chi connectivity index (χ3v) is 5.71. The Labute approximate surface area is 159 Å². The summed E-state index contributed by atoms with van der Waals surface area (Å²) in [6.45, 7) is 0. The van der Waals surface area contributed by atoms with Crippen LogP contribution >= 0.6 is 35.2 Å². The van der Waals surface area contributed by atoms with Crippen molar-refractivity contribution in [1.82, 2.24) is 10.3 Å². The highest BCUT2D eigenvalue weighted by Crippen LogP contribution is 2.44. The van der Waals surface area contributed by atoms with Gasteiger partial charge >= 0.3 is 0 Å². The van der Waals surface area contributed by atoms with Gasteiger partial charge in [-0.2, -0.15) is 0 Å². The van der Waals surface area contributed by atoms with Gasteiger partial charge in [-0.15, -0.1) is 11.3 Å². The molecule has 1 aliphatic rings. The molecular formula is C18H13ClFN3S2. The van der Waals surface area contributed by atoms with Crippen LogP contribution in [0.5, 0.6) is 0 Å². The van der Waals surface area contributed by atoms with E-state index in [1.807, 2.05) is 35.2 Å². The monoisotopic (exact) mass is 389 g/mol. The fourth-order valence-electron chi connectivity index (χ4n) is 3.04. The van der Waals surface area contributed by atoms with Crippen LogP contribution in [0.2, 0.25) is 4.34 Å². The summed E-state index contributed by atoms with van der Waals surface area (Å²) in [5.74, 6) is -0.319. The summed E-state index contributed by atoms with van der Waals surface area (Å²) in [4.78, 5) is 7.27. The van der Waals surface area contributed by atoms with Crippen molar-refractivity contribution in [3.63, 3.8) is 0 Å². The van der Waals surface area contributed by atoms with Crippen molar-refractivity contribution >= 4 is 46.0 Å². The number of benzene rings is 1. The van der Waals surface area contributed by atoms with Crippen molar-refractivity contribution in [2.75, 3.05) is 4.90 Å². The van der Waals surface area contributed by atoms with E-state index in [-0.39, 0.29) is 17.9 Å². The van der Waals surface area contributed by atoms with Gasteiger partial charge in [0.25, 0.3) is 0 Å². The standard InChI is InChI=1S/C18H13ClFN3S2/c19-15-9-8-14(25-15)17-16(12-6-3-4-10-21-12)22-18(24)23(17)13-7-2-1-5-11(13)20/h1-10,16-17H,(H,22,24)/t16-,17-/m1/s1. The Kier molecular flexibility index (Phi) is 4.41. The maximum atomic E-state index is 14.5. The molecule has 1 N–H and O–H groups in total. The van der Waals surface area contributed by atoms with E-state index < -0.39 is 0 Å². The van der Waals surface area contributed by atoms with Crippen LogP contribution in [-0.4, -0.2) is 10.1 Å². The fraction of sp³-hybridized carbons (Fsp3) is 0.111. The third kappa shape index (κ3) is 3.01. The second-order valence-electron chi connectivity index (χ2n) is 5.59. The smallest absolute Gasteiger partial charge is 0.174 e. The lowest BCUT2D eigenvalue weighted by Gasteiger charge is -2.27. The number of aromatic nitrogens is 1. The molecule has 3 nitrogen and oxygen atoms in total. The Morgan fingerprint density at radius 2 is 1.92 bits per heavy atom. The van der Waals surface area contributed by atoms with E-state index in [0.29, 0.717) is 15.1 Å². The summed E-state index contributed by atoms with van der Waals surface area (Å²) in [7, 11) is 0. The Bertz CT molecular complexity index is 915. The molecule has 3 heterocycles. The number of rotatable bonds is 3. The number of para-hydroxylation sites is 1. The van der Waals surface area contributed by atoms with Gasteiger partial charge in [-0.3, -0.25) is 4.98 Å². The maximum absolute atomic E-state index is 14.5. The maximum Gasteiger partial charge on any atom is 0.174 e. The van der Waals surface area contributed by atoms with Gasteiger partial charge in [-0.25, -0.2) is 4.39 Å². The number of nitrogens with zero attached hydrogens (tertiary/aromatic N) is 2. The van der Waals surface area contributed by atoms with Crippen LogP contribution in [0, 0.1) is 5.82 Å². The lowest BCUT2D eigenvalue weighted by atomic mass is 10.0. The second-order valence-corrected chi connectivity index (χ2v) is 7.72. The number of thiophene rings is 1. The average Bonchev–Trinajstić information content (AvgIpc) is 3.19. The Hall–Kier alpha value is -2.02. The van der Waals surface area contributed by atoms with E-state index in [2.05, 4.69) is 10.3 Å². The van der Waals surface area contributed by atoms with Gasteiger partial charge < -0.3 is 10.2 Å². The van der Waals surface area contributed by atoms with E-state index in [1.165, 1.54) is 17.4 Å². The van der Waals surface area contributed by atoms with Crippen molar-refractivity contribution in [3.05, 3.63) is 81.5 Å². The first kappa shape index (κ1) is 16.4.